The van der Waals surface area contributed by atoms with Gasteiger partial charge in [-0.05, 0) is 30.9 Å². The average molecular weight is 491 g/mol. The highest BCUT2D eigenvalue weighted by atomic mass is 19.1. The minimum Gasteiger partial charge on any atom is -0.421 e. The van der Waals surface area contributed by atoms with Gasteiger partial charge < -0.3 is 36.3 Å². The van der Waals surface area contributed by atoms with Gasteiger partial charge in [0.25, 0.3) is 0 Å². The smallest absolute Gasteiger partial charge is 0.326 e. The molecule has 5 heterocycles. The van der Waals surface area contributed by atoms with Gasteiger partial charge in [0.1, 0.15) is 17.3 Å². The molecule has 0 amide bonds. The van der Waals surface area contributed by atoms with Gasteiger partial charge in [-0.1, -0.05) is 0 Å². The van der Waals surface area contributed by atoms with Gasteiger partial charge in [0.05, 0.1) is 29.0 Å². The fourth-order valence-corrected chi connectivity index (χ4v) is 5.64. The number of nitrogens with two attached hydrogens (primary N) is 2. The summed E-state index contributed by atoms with van der Waals surface area (Å²) >= 11 is 0. The molecule has 36 heavy (non-hydrogen) atoms. The molecule has 186 valence electrons. The van der Waals surface area contributed by atoms with Crippen LogP contribution in [0, 0.1) is 17.7 Å². The van der Waals surface area contributed by atoms with E-state index in [0.29, 0.717) is 53.8 Å². The van der Waals surface area contributed by atoms with Crippen LogP contribution in [-0.4, -0.2) is 69.7 Å². The van der Waals surface area contributed by atoms with E-state index in [1.807, 2.05) is 11.8 Å². The number of benzene rings is 1. The van der Waals surface area contributed by atoms with Crippen LogP contribution >= 0.6 is 0 Å². The van der Waals surface area contributed by atoms with Crippen LogP contribution in [0.3, 0.4) is 0 Å². The number of H-pyrrole nitrogens is 1. The van der Waals surface area contributed by atoms with Gasteiger partial charge in [0.2, 0.25) is 5.95 Å². The minimum absolute atomic E-state index is 0.162. The molecule has 1 saturated carbocycles. The first-order valence-electron chi connectivity index (χ1n) is 12.0. The molecule has 1 aliphatic carbocycles. The van der Waals surface area contributed by atoms with E-state index < -0.39 is 0 Å². The first kappa shape index (κ1) is 21.5. The van der Waals surface area contributed by atoms with E-state index in [-0.39, 0.29) is 23.4 Å². The molecule has 2 unspecified atom stereocenters. The standard InChI is InChI=1S/C24H27FN10O/c1-24(27)9-35(10-24)22-29-5-12(6-30-22)36-23-32-20-17(13-3-11(25)4-16(28-2)19(13)31-20)21(33-23)34-7-14-15(8-34)18(14)26/h3-6,14-15,18,28H,7-10,26-27H2,1-2H3,(H,31,32,33). The summed E-state index contributed by atoms with van der Waals surface area (Å²) in [5.41, 5.74) is 14.0. The van der Waals surface area contributed by atoms with Crippen LogP contribution in [0.15, 0.2) is 24.5 Å². The molecule has 1 aromatic carbocycles. The van der Waals surface area contributed by atoms with Gasteiger partial charge >= 0.3 is 6.01 Å². The van der Waals surface area contributed by atoms with E-state index in [1.165, 1.54) is 12.1 Å². The zero-order valence-electron chi connectivity index (χ0n) is 20.0. The molecule has 6 N–H and O–H groups in total. The van der Waals surface area contributed by atoms with Crippen molar-refractivity contribution in [2.24, 2.45) is 23.3 Å². The number of halogens is 1. The quantitative estimate of drug-likeness (QED) is 0.326. The van der Waals surface area contributed by atoms with Gasteiger partial charge in [-0.15, -0.1) is 0 Å². The number of aromatic nitrogens is 5. The Bertz CT molecular complexity index is 1480. The number of rotatable bonds is 5. The van der Waals surface area contributed by atoms with E-state index in [2.05, 4.69) is 30.2 Å². The molecule has 2 aliphatic heterocycles. The Labute approximate surface area is 206 Å². The fourth-order valence-electron chi connectivity index (χ4n) is 5.64. The Kier molecular flexibility index (Phi) is 4.40. The summed E-state index contributed by atoms with van der Waals surface area (Å²) < 4.78 is 20.5. The zero-order valence-corrected chi connectivity index (χ0v) is 20.0. The number of nitrogens with zero attached hydrogens (tertiary/aromatic N) is 6. The third kappa shape index (κ3) is 3.32. The number of hydrogen-bond donors (Lipinski definition) is 4. The first-order chi connectivity index (χ1) is 17.3. The summed E-state index contributed by atoms with van der Waals surface area (Å²) in [6, 6.07) is 3.37. The number of anilines is 3. The second-order valence-corrected chi connectivity index (χ2v) is 10.4. The summed E-state index contributed by atoms with van der Waals surface area (Å²) in [5.74, 6) is 2.30. The highest BCUT2D eigenvalue weighted by molar-refractivity contribution is 6.14. The van der Waals surface area contributed by atoms with Crippen LogP contribution in [0.4, 0.5) is 21.8 Å². The van der Waals surface area contributed by atoms with Crippen molar-refractivity contribution in [3.05, 3.63) is 30.3 Å². The maximum atomic E-state index is 14.5. The Morgan fingerprint density at radius 1 is 1.14 bits per heavy atom. The van der Waals surface area contributed by atoms with E-state index in [4.69, 9.17) is 21.2 Å². The molecular formula is C24H27FN10O. The van der Waals surface area contributed by atoms with Crippen molar-refractivity contribution in [3.63, 3.8) is 0 Å². The maximum Gasteiger partial charge on any atom is 0.326 e. The lowest BCUT2D eigenvalue weighted by Crippen LogP contribution is -2.66. The molecule has 0 bridgehead atoms. The number of hydrogen-bond acceptors (Lipinski definition) is 10. The van der Waals surface area contributed by atoms with E-state index >= 15 is 0 Å². The van der Waals surface area contributed by atoms with Crippen molar-refractivity contribution in [2.75, 3.05) is 48.3 Å². The third-order valence-electron chi connectivity index (χ3n) is 7.53. The van der Waals surface area contributed by atoms with E-state index in [1.54, 1.807) is 19.4 Å². The SMILES string of the molecule is CNc1cc(F)cc2c1[nH]c1nc(Oc3cnc(N4CC(C)(N)C4)nc3)nc(N3CC4C(N)C4C3)c12. The third-order valence-corrected chi connectivity index (χ3v) is 7.53. The van der Waals surface area contributed by atoms with Crippen LogP contribution in [0.5, 0.6) is 11.8 Å². The molecule has 2 atom stereocenters. The van der Waals surface area contributed by atoms with Crippen LogP contribution in [0.25, 0.3) is 21.9 Å². The number of aromatic amines is 1. The first-order valence-corrected chi connectivity index (χ1v) is 12.0. The lowest BCUT2D eigenvalue weighted by molar-refractivity contribution is 0.359. The number of fused-ring (bicyclic) bond motifs is 4. The summed E-state index contributed by atoms with van der Waals surface area (Å²) in [4.78, 5) is 25.8. The molecule has 2 saturated heterocycles. The maximum absolute atomic E-state index is 14.5. The van der Waals surface area contributed by atoms with Crippen LogP contribution in [0.1, 0.15) is 6.92 Å². The van der Waals surface area contributed by atoms with Crippen LogP contribution in [-0.2, 0) is 0 Å². The van der Waals surface area contributed by atoms with Gasteiger partial charge in [-0.25, -0.2) is 14.4 Å². The zero-order chi connectivity index (χ0) is 24.8. The van der Waals surface area contributed by atoms with Crippen molar-refractivity contribution >= 4 is 39.4 Å². The highest BCUT2D eigenvalue weighted by Crippen LogP contribution is 2.47. The van der Waals surface area contributed by atoms with Crippen molar-refractivity contribution < 1.29 is 9.13 Å². The summed E-state index contributed by atoms with van der Waals surface area (Å²) in [6.45, 7) is 5.00. The Morgan fingerprint density at radius 2 is 1.86 bits per heavy atom. The molecule has 11 nitrogen and oxygen atoms in total. The molecule has 7 rings (SSSR count). The van der Waals surface area contributed by atoms with Crippen molar-refractivity contribution in [1.82, 2.24) is 24.9 Å². The molecule has 3 fully saturated rings. The Balaban J connectivity index is 1.27. The average Bonchev–Trinajstić information content (AvgIpc) is 3.18. The lowest BCUT2D eigenvalue weighted by atomic mass is 9.94. The van der Waals surface area contributed by atoms with Crippen LogP contribution < -0.4 is 31.3 Å². The normalized spacial score (nSPS) is 24.2. The number of ether oxygens (including phenoxy) is 1. The topological polar surface area (TPSA) is 147 Å². The largest absolute Gasteiger partial charge is 0.421 e. The molecule has 0 spiro atoms. The second kappa shape index (κ2) is 7.37. The second-order valence-electron chi connectivity index (χ2n) is 10.4. The fraction of sp³-hybridized carbons (Fsp3) is 0.417. The predicted octanol–water partition coefficient (Wildman–Crippen LogP) is 1.80. The molecule has 3 aromatic heterocycles. The molecule has 12 heteroatoms. The molecule has 0 radical (unpaired) electrons. The minimum atomic E-state index is -0.334. The molecule has 4 aromatic rings. The highest BCUT2D eigenvalue weighted by Gasteiger charge is 2.54. The monoisotopic (exact) mass is 490 g/mol. The predicted molar refractivity (Wildman–Crippen MR) is 135 cm³/mol. The van der Waals surface area contributed by atoms with E-state index in [9.17, 15) is 4.39 Å². The van der Waals surface area contributed by atoms with Crippen molar-refractivity contribution in [2.45, 2.75) is 18.5 Å². The van der Waals surface area contributed by atoms with Crippen LogP contribution in [0.2, 0.25) is 0 Å². The molecular weight excluding hydrogens is 463 g/mol. The Hall–Kier alpha value is -3.77. The Morgan fingerprint density at radius 3 is 2.53 bits per heavy atom. The van der Waals surface area contributed by atoms with Gasteiger partial charge in [-0.3, -0.25) is 0 Å². The van der Waals surface area contributed by atoms with E-state index in [0.717, 1.165) is 29.4 Å². The number of piperidine rings is 1. The molecule has 3 aliphatic rings. The van der Waals surface area contributed by atoms with Gasteiger partial charge in [0.15, 0.2) is 5.75 Å². The summed E-state index contributed by atoms with van der Waals surface area (Å²) in [7, 11) is 1.76. The number of nitrogens with one attached hydrogen (secondary N) is 2. The summed E-state index contributed by atoms with van der Waals surface area (Å²) in [5, 5.41) is 4.53. The van der Waals surface area contributed by atoms with Crippen molar-refractivity contribution in [3.8, 4) is 11.8 Å². The summed E-state index contributed by atoms with van der Waals surface area (Å²) in [6.07, 6.45) is 3.21. The van der Waals surface area contributed by atoms with Gasteiger partial charge in [0, 0.05) is 50.2 Å². The van der Waals surface area contributed by atoms with Crippen molar-refractivity contribution in [1.29, 1.82) is 0 Å². The van der Waals surface area contributed by atoms with Gasteiger partial charge in [-0.2, -0.15) is 9.97 Å². The lowest BCUT2D eigenvalue weighted by Gasteiger charge is -2.45.